The number of aromatic nitrogens is 2. The van der Waals surface area contributed by atoms with E-state index >= 15 is 0 Å². The van der Waals surface area contributed by atoms with E-state index in [1.807, 2.05) is 54.6 Å². The zero-order valence-electron chi connectivity index (χ0n) is 24.4. The van der Waals surface area contributed by atoms with Crippen LogP contribution in [0, 0.1) is 0 Å². The molecule has 10 nitrogen and oxygen atoms in total. The number of carbonyl (C=O) groups is 2. The van der Waals surface area contributed by atoms with E-state index < -0.39 is 16.8 Å². The van der Waals surface area contributed by atoms with E-state index in [-0.39, 0.29) is 17.4 Å². The zero-order chi connectivity index (χ0) is 31.3. The molecule has 0 radical (unpaired) electrons. The number of carbonyl (C=O) groups excluding carboxylic acids is 2. The molecule has 6 rings (SSSR count). The number of methoxy groups -OCH3 is 2. The number of para-hydroxylation sites is 1. The summed E-state index contributed by atoms with van der Waals surface area (Å²) in [4.78, 5) is 40.2. The lowest BCUT2D eigenvalue weighted by molar-refractivity contribution is -0.130. The van der Waals surface area contributed by atoms with Gasteiger partial charge >= 0.3 is 0 Å². The molecule has 226 valence electrons. The molecule has 0 aliphatic carbocycles. The van der Waals surface area contributed by atoms with Crippen LogP contribution in [0.15, 0.2) is 114 Å². The average Bonchev–Trinajstić information content (AvgIpc) is 3.44. The van der Waals surface area contributed by atoms with Gasteiger partial charge in [0.15, 0.2) is 5.69 Å². The number of hydrazine groups is 1. The first kappa shape index (κ1) is 29.5. The molecule has 5 aromatic rings. The maximum atomic E-state index is 13.9. The molecule has 1 N–H and O–H groups in total. The minimum Gasteiger partial charge on any atom is -0.497 e. The molecule has 1 fully saturated rings. The van der Waals surface area contributed by atoms with Crippen LogP contribution in [0.3, 0.4) is 0 Å². The summed E-state index contributed by atoms with van der Waals surface area (Å²) in [6.07, 6.45) is 0. The molecular formula is C34H28N4O6S. The van der Waals surface area contributed by atoms with Gasteiger partial charge < -0.3 is 14.2 Å². The van der Waals surface area contributed by atoms with Crippen molar-refractivity contribution in [1.29, 1.82) is 0 Å². The second-order valence-corrected chi connectivity index (χ2v) is 11.0. The van der Waals surface area contributed by atoms with Gasteiger partial charge in [0.2, 0.25) is 0 Å². The lowest BCUT2D eigenvalue weighted by Gasteiger charge is -2.25. The van der Waals surface area contributed by atoms with Gasteiger partial charge in [0.25, 0.3) is 17.4 Å². The Hall–Kier alpha value is -5.55. The SMILES string of the molecule is COc1ccc(-c2cc(=O)n(-c3ccc(OC)cc3)nc2C(=O)NN2C(=O)CSC2c2ccc(Oc3ccccc3)cc2)cc1. The van der Waals surface area contributed by atoms with Crippen LogP contribution in [0.1, 0.15) is 21.4 Å². The van der Waals surface area contributed by atoms with Crippen LogP contribution in [0.5, 0.6) is 23.0 Å². The molecular weight excluding hydrogens is 592 g/mol. The first-order valence-electron chi connectivity index (χ1n) is 13.9. The maximum Gasteiger partial charge on any atom is 0.291 e. The summed E-state index contributed by atoms with van der Waals surface area (Å²) in [6, 6.07) is 31.8. The van der Waals surface area contributed by atoms with Gasteiger partial charge in [0.1, 0.15) is 28.4 Å². The van der Waals surface area contributed by atoms with Gasteiger partial charge in [0.05, 0.1) is 25.7 Å². The number of nitrogens with zero attached hydrogens (tertiary/aromatic N) is 3. The summed E-state index contributed by atoms with van der Waals surface area (Å²) in [6.45, 7) is 0. The predicted octanol–water partition coefficient (Wildman–Crippen LogP) is 5.63. The molecule has 1 aliphatic heterocycles. The van der Waals surface area contributed by atoms with Crippen molar-refractivity contribution in [3.8, 4) is 39.8 Å². The van der Waals surface area contributed by atoms with Gasteiger partial charge in [-0.2, -0.15) is 9.78 Å². The van der Waals surface area contributed by atoms with Crippen LogP contribution < -0.4 is 25.2 Å². The summed E-state index contributed by atoms with van der Waals surface area (Å²) in [5, 5.41) is 5.32. The quantitative estimate of drug-likeness (QED) is 0.226. The summed E-state index contributed by atoms with van der Waals surface area (Å²) in [5.74, 6) is 1.84. The molecule has 1 atom stereocenters. The van der Waals surface area contributed by atoms with Gasteiger partial charge in [-0.15, -0.1) is 11.8 Å². The number of hydrogen-bond donors (Lipinski definition) is 1. The van der Waals surface area contributed by atoms with Crippen molar-refractivity contribution in [3.63, 3.8) is 0 Å². The van der Waals surface area contributed by atoms with E-state index in [1.54, 1.807) is 62.8 Å². The number of ether oxygens (including phenoxy) is 3. The highest BCUT2D eigenvalue weighted by Crippen LogP contribution is 2.38. The molecule has 1 aliphatic rings. The molecule has 2 amide bonds. The molecule has 11 heteroatoms. The first-order chi connectivity index (χ1) is 21.9. The molecule has 1 aromatic heterocycles. The highest BCUT2D eigenvalue weighted by molar-refractivity contribution is 8.00. The van der Waals surface area contributed by atoms with Gasteiger partial charge in [-0.1, -0.05) is 42.5 Å². The van der Waals surface area contributed by atoms with Gasteiger partial charge in [-0.3, -0.25) is 19.8 Å². The van der Waals surface area contributed by atoms with Crippen molar-refractivity contribution in [3.05, 3.63) is 131 Å². The van der Waals surface area contributed by atoms with Crippen molar-refractivity contribution in [1.82, 2.24) is 20.2 Å². The van der Waals surface area contributed by atoms with E-state index in [2.05, 4.69) is 10.5 Å². The Morgan fingerprint density at radius 1 is 0.800 bits per heavy atom. The minimum absolute atomic E-state index is 0.0364. The van der Waals surface area contributed by atoms with E-state index in [0.717, 1.165) is 10.2 Å². The molecule has 4 aromatic carbocycles. The minimum atomic E-state index is -0.645. The average molecular weight is 621 g/mol. The largest absolute Gasteiger partial charge is 0.497 e. The molecule has 0 spiro atoms. The first-order valence-corrected chi connectivity index (χ1v) is 15.0. The van der Waals surface area contributed by atoms with Crippen molar-refractivity contribution in [2.45, 2.75) is 5.37 Å². The second-order valence-electron chi connectivity index (χ2n) is 9.94. The van der Waals surface area contributed by atoms with Gasteiger partial charge in [-0.25, -0.2) is 5.01 Å². The van der Waals surface area contributed by atoms with Crippen LogP contribution in [0.2, 0.25) is 0 Å². The molecule has 1 saturated heterocycles. The maximum absolute atomic E-state index is 13.9. The Balaban J connectivity index is 1.32. The van der Waals surface area contributed by atoms with Gasteiger partial charge in [-0.05, 0) is 71.8 Å². The van der Waals surface area contributed by atoms with Crippen molar-refractivity contribution in [2.24, 2.45) is 0 Å². The Morgan fingerprint density at radius 2 is 1.40 bits per heavy atom. The number of rotatable bonds is 9. The second kappa shape index (κ2) is 13.0. The Labute approximate surface area is 263 Å². The molecule has 0 bridgehead atoms. The lowest BCUT2D eigenvalue weighted by Crippen LogP contribution is -2.45. The smallest absolute Gasteiger partial charge is 0.291 e. The van der Waals surface area contributed by atoms with Crippen LogP contribution in [-0.2, 0) is 4.79 Å². The van der Waals surface area contributed by atoms with Crippen LogP contribution in [0.4, 0.5) is 0 Å². The third kappa shape index (κ3) is 6.38. The third-order valence-electron chi connectivity index (χ3n) is 7.10. The molecule has 2 heterocycles. The van der Waals surface area contributed by atoms with Crippen molar-refractivity contribution < 1.29 is 23.8 Å². The monoisotopic (exact) mass is 620 g/mol. The highest BCUT2D eigenvalue weighted by atomic mass is 32.2. The van der Waals surface area contributed by atoms with Crippen LogP contribution >= 0.6 is 11.8 Å². The Morgan fingerprint density at radius 3 is 2.04 bits per heavy atom. The lowest BCUT2D eigenvalue weighted by atomic mass is 10.0. The standard InChI is InChI=1S/C34H28N4O6S/c1-42-25-14-8-22(9-15-25)29-20-30(39)37(24-12-18-26(43-2)19-13-24)35-32(29)33(41)36-38-31(40)21-45-34(38)23-10-16-28(17-11-23)44-27-6-4-3-5-7-27/h3-20,34H,21H2,1-2H3,(H,36,41). The summed E-state index contributed by atoms with van der Waals surface area (Å²) in [7, 11) is 3.10. The summed E-state index contributed by atoms with van der Waals surface area (Å²) >= 11 is 1.39. The number of amides is 2. The number of thioether (sulfide) groups is 1. The number of benzene rings is 4. The van der Waals surface area contributed by atoms with E-state index in [0.29, 0.717) is 39.8 Å². The normalized spacial score (nSPS) is 14.2. The van der Waals surface area contributed by atoms with Crippen LogP contribution in [-0.4, -0.2) is 46.6 Å². The third-order valence-corrected chi connectivity index (χ3v) is 8.31. The Kier molecular flexibility index (Phi) is 8.52. The topological polar surface area (TPSA) is 112 Å². The van der Waals surface area contributed by atoms with Crippen molar-refractivity contribution >= 4 is 23.6 Å². The van der Waals surface area contributed by atoms with E-state index in [4.69, 9.17) is 14.2 Å². The fourth-order valence-electron chi connectivity index (χ4n) is 4.80. The summed E-state index contributed by atoms with van der Waals surface area (Å²) < 4.78 is 17.5. The molecule has 1 unspecified atom stereocenters. The van der Waals surface area contributed by atoms with E-state index in [1.165, 1.54) is 22.8 Å². The predicted molar refractivity (Wildman–Crippen MR) is 171 cm³/mol. The summed E-state index contributed by atoms with van der Waals surface area (Å²) in [5.41, 5.74) is 4.43. The molecule has 45 heavy (non-hydrogen) atoms. The van der Waals surface area contributed by atoms with Crippen molar-refractivity contribution in [2.75, 3.05) is 20.0 Å². The Bertz CT molecular complexity index is 1880. The van der Waals surface area contributed by atoms with E-state index in [9.17, 15) is 14.4 Å². The fourth-order valence-corrected chi connectivity index (χ4v) is 5.91. The zero-order valence-corrected chi connectivity index (χ0v) is 25.2. The number of nitrogens with one attached hydrogen (secondary N) is 1. The molecule has 0 saturated carbocycles. The highest BCUT2D eigenvalue weighted by Gasteiger charge is 2.35. The van der Waals surface area contributed by atoms with Gasteiger partial charge in [0, 0.05) is 11.6 Å². The van der Waals surface area contributed by atoms with Crippen LogP contribution in [0.25, 0.3) is 16.8 Å². The fraction of sp³-hybridized carbons (Fsp3) is 0.118. The number of hydrogen-bond acceptors (Lipinski definition) is 8.